The summed E-state index contributed by atoms with van der Waals surface area (Å²) in [6, 6.07) is 7.00. The third-order valence-electron chi connectivity index (χ3n) is 2.16. The van der Waals surface area contributed by atoms with E-state index in [0.29, 0.717) is 10.2 Å². The van der Waals surface area contributed by atoms with Gasteiger partial charge < -0.3 is 5.32 Å². The molecule has 1 N–H and O–H groups in total. The minimum absolute atomic E-state index is 0.211. The van der Waals surface area contributed by atoms with E-state index in [1.807, 2.05) is 0 Å². The van der Waals surface area contributed by atoms with Gasteiger partial charge in [-0.3, -0.25) is 4.79 Å². The first-order valence-corrected chi connectivity index (χ1v) is 6.11. The molecule has 2 rings (SSSR count). The van der Waals surface area contributed by atoms with Crippen LogP contribution in [0.15, 0.2) is 41.0 Å². The molecule has 1 amide bonds. The van der Waals surface area contributed by atoms with Crippen molar-refractivity contribution >= 4 is 39.1 Å². The Morgan fingerprint density at radius 1 is 1.33 bits per heavy atom. The van der Waals surface area contributed by atoms with Crippen molar-refractivity contribution in [3.8, 4) is 0 Å². The monoisotopic (exact) mass is 328 g/mol. The van der Waals surface area contributed by atoms with Crippen LogP contribution in [0.25, 0.3) is 0 Å². The fourth-order valence-electron chi connectivity index (χ4n) is 1.35. The minimum atomic E-state index is -0.476. The smallest absolute Gasteiger partial charge is 0.256 e. The summed E-state index contributed by atoms with van der Waals surface area (Å²) >= 11 is 8.89. The minimum Gasteiger partial charge on any atom is -0.322 e. The van der Waals surface area contributed by atoms with Gasteiger partial charge in [0.2, 0.25) is 0 Å². The maximum absolute atomic E-state index is 13.1. The Balaban J connectivity index is 2.24. The Labute approximate surface area is 116 Å². The van der Waals surface area contributed by atoms with E-state index in [0.717, 1.165) is 6.07 Å². The van der Waals surface area contributed by atoms with Crippen LogP contribution in [0.5, 0.6) is 0 Å². The van der Waals surface area contributed by atoms with Gasteiger partial charge in [-0.2, -0.15) is 0 Å². The molecule has 0 spiro atoms. The van der Waals surface area contributed by atoms with Gasteiger partial charge in [0.1, 0.15) is 11.0 Å². The predicted octanol–water partition coefficient (Wildman–Crippen LogP) is 3.89. The molecule has 0 fully saturated rings. The quantitative estimate of drug-likeness (QED) is 0.849. The van der Waals surface area contributed by atoms with Crippen molar-refractivity contribution in [2.75, 3.05) is 5.32 Å². The van der Waals surface area contributed by atoms with Crippen molar-refractivity contribution in [3.63, 3.8) is 0 Å². The number of hydrogen-bond donors (Lipinski definition) is 1. The molecule has 0 atom stereocenters. The summed E-state index contributed by atoms with van der Waals surface area (Å²) in [6.07, 6.45) is 1.47. The van der Waals surface area contributed by atoms with Gasteiger partial charge >= 0.3 is 0 Å². The Morgan fingerprint density at radius 2 is 2.11 bits per heavy atom. The molecule has 18 heavy (non-hydrogen) atoms. The van der Waals surface area contributed by atoms with Crippen molar-refractivity contribution in [1.82, 2.24) is 4.98 Å². The van der Waals surface area contributed by atoms with Crippen LogP contribution in [0.2, 0.25) is 5.15 Å². The van der Waals surface area contributed by atoms with Gasteiger partial charge in [-0.05, 0) is 46.3 Å². The molecule has 0 radical (unpaired) electrons. The number of pyridine rings is 1. The maximum Gasteiger partial charge on any atom is 0.256 e. The van der Waals surface area contributed by atoms with E-state index in [4.69, 9.17) is 11.6 Å². The van der Waals surface area contributed by atoms with Crippen LogP contribution in [0.3, 0.4) is 0 Å². The number of halogens is 3. The Hall–Kier alpha value is -1.46. The van der Waals surface area contributed by atoms with Gasteiger partial charge in [-0.25, -0.2) is 9.37 Å². The standard InChI is InChI=1S/C12H7BrClFN2O/c13-10-2-1-7(15)5-9(10)12(18)17-8-3-4-16-11(14)6-8/h1-6H,(H,16,17,18). The third-order valence-corrected chi connectivity index (χ3v) is 3.06. The van der Waals surface area contributed by atoms with E-state index in [1.54, 1.807) is 6.07 Å². The molecule has 1 aromatic carbocycles. The zero-order valence-corrected chi connectivity index (χ0v) is 11.3. The lowest BCUT2D eigenvalue weighted by atomic mass is 10.2. The van der Waals surface area contributed by atoms with Crippen LogP contribution in [-0.4, -0.2) is 10.9 Å². The number of nitrogens with zero attached hydrogens (tertiary/aromatic N) is 1. The molecule has 92 valence electrons. The number of aromatic nitrogens is 1. The average molecular weight is 330 g/mol. The topological polar surface area (TPSA) is 42.0 Å². The molecular weight excluding hydrogens is 322 g/mol. The number of hydrogen-bond acceptors (Lipinski definition) is 2. The van der Waals surface area contributed by atoms with Crippen molar-refractivity contribution < 1.29 is 9.18 Å². The highest BCUT2D eigenvalue weighted by Gasteiger charge is 2.11. The van der Waals surface area contributed by atoms with Gasteiger partial charge in [0, 0.05) is 16.4 Å². The molecule has 0 aliphatic carbocycles. The van der Waals surface area contributed by atoms with E-state index in [9.17, 15) is 9.18 Å². The molecule has 0 saturated heterocycles. The average Bonchev–Trinajstić information content (AvgIpc) is 2.32. The van der Waals surface area contributed by atoms with Crippen LogP contribution >= 0.6 is 27.5 Å². The van der Waals surface area contributed by atoms with E-state index < -0.39 is 11.7 Å². The number of carbonyl (C=O) groups is 1. The second-order valence-electron chi connectivity index (χ2n) is 3.45. The Bertz CT molecular complexity index is 606. The van der Waals surface area contributed by atoms with Crippen LogP contribution in [0.4, 0.5) is 10.1 Å². The van der Waals surface area contributed by atoms with Crippen molar-refractivity contribution in [1.29, 1.82) is 0 Å². The first-order chi connectivity index (χ1) is 8.56. The molecular formula is C12H7BrClFN2O. The lowest BCUT2D eigenvalue weighted by Crippen LogP contribution is -2.12. The van der Waals surface area contributed by atoms with Crippen molar-refractivity contribution in [2.45, 2.75) is 0 Å². The molecule has 2 aromatic rings. The van der Waals surface area contributed by atoms with Gasteiger partial charge in [-0.1, -0.05) is 11.6 Å². The number of amides is 1. The molecule has 3 nitrogen and oxygen atoms in total. The highest BCUT2D eigenvalue weighted by Crippen LogP contribution is 2.20. The number of carbonyl (C=O) groups excluding carboxylic acids is 1. The first-order valence-electron chi connectivity index (χ1n) is 4.94. The molecule has 0 saturated carbocycles. The summed E-state index contributed by atoms with van der Waals surface area (Å²) in [6.45, 7) is 0. The van der Waals surface area contributed by atoms with Gasteiger partial charge in [0.25, 0.3) is 5.91 Å². The summed E-state index contributed by atoms with van der Waals surface area (Å²) < 4.78 is 13.6. The van der Waals surface area contributed by atoms with E-state index in [-0.39, 0.29) is 10.7 Å². The molecule has 0 aliphatic heterocycles. The second-order valence-corrected chi connectivity index (χ2v) is 4.69. The zero-order chi connectivity index (χ0) is 13.1. The first kappa shape index (κ1) is 13.0. The van der Waals surface area contributed by atoms with Gasteiger partial charge in [0.15, 0.2) is 0 Å². The SMILES string of the molecule is O=C(Nc1ccnc(Cl)c1)c1cc(F)ccc1Br. The molecule has 0 bridgehead atoms. The van der Waals surface area contributed by atoms with Crippen LogP contribution < -0.4 is 5.32 Å². The molecule has 1 aromatic heterocycles. The van der Waals surface area contributed by atoms with Gasteiger partial charge in [-0.15, -0.1) is 0 Å². The lowest BCUT2D eigenvalue weighted by molar-refractivity contribution is 0.102. The van der Waals surface area contributed by atoms with Gasteiger partial charge in [0.05, 0.1) is 5.56 Å². The fourth-order valence-corrected chi connectivity index (χ4v) is 1.95. The van der Waals surface area contributed by atoms with E-state index in [2.05, 4.69) is 26.2 Å². The number of nitrogens with one attached hydrogen (secondary N) is 1. The summed E-state index contributed by atoms with van der Waals surface area (Å²) in [5.41, 5.74) is 0.707. The highest BCUT2D eigenvalue weighted by atomic mass is 79.9. The Kier molecular flexibility index (Phi) is 3.93. The maximum atomic E-state index is 13.1. The van der Waals surface area contributed by atoms with E-state index in [1.165, 1.54) is 24.4 Å². The fraction of sp³-hybridized carbons (Fsp3) is 0. The Morgan fingerprint density at radius 3 is 2.83 bits per heavy atom. The summed E-state index contributed by atoms with van der Waals surface area (Å²) in [5, 5.41) is 2.88. The molecule has 0 unspecified atom stereocenters. The largest absolute Gasteiger partial charge is 0.322 e. The van der Waals surface area contributed by atoms with Crippen molar-refractivity contribution in [3.05, 3.63) is 57.5 Å². The number of benzene rings is 1. The number of rotatable bonds is 2. The zero-order valence-electron chi connectivity index (χ0n) is 8.95. The highest BCUT2D eigenvalue weighted by molar-refractivity contribution is 9.10. The molecule has 6 heteroatoms. The third kappa shape index (κ3) is 3.05. The number of anilines is 1. The lowest BCUT2D eigenvalue weighted by Gasteiger charge is -2.07. The van der Waals surface area contributed by atoms with Crippen LogP contribution in [0, 0.1) is 5.82 Å². The van der Waals surface area contributed by atoms with Crippen LogP contribution in [0.1, 0.15) is 10.4 Å². The summed E-state index contributed by atoms with van der Waals surface area (Å²) in [7, 11) is 0. The summed E-state index contributed by atoms with van der Waals surface area (Å²) in [5.74, 6) is -0.903. The van der Waals surface area contributed by atoms with E-state index >= 15 is 0 Å². The molecule has 0 aliphatic rings. The van der Waals surface area contributed by atoms with Crippen molar-refractivity contribution in [2.24, 2.45) is 0 Å². The molecule has 1 heterocycles. The predicted molar refractivity (Wildman–Crippen MR) is 71.3 cm³/mol. The van der Waals surface area contributed by atoms with Crippen LogP contribution in [-0.2, 0) is 0 Å². The normalized spacial score (nSPS) is 10.2. The second kappa shape index (κ2) is 5.46. The summed E-state index contributed by atoms with van der Waals surface area (Å²) in [4.78, 5) is 15.7.